The first-order chi connectivity index (χ1) is 19.0. The highest BCUT2D eigenvalue weighted by atomic mass is 32.2. The van der Waals surface area contributed by atoms with Gasteiger partial charge in [-0.1, -0.05) is 0 Å². The van der Waals surface area contributed by atoms with Gasteiger partial charge in [-0.3, -0.25) is 0 Å². The summed E-state index contributed by atoms with van der Waals surface area (Å²) < 4.78 is 79.0. The summed E-state index contributed by atoms with van der Waals surface area (Å²) in [6, 6.07) is 3.72. The van der Waals surface area contributed by atoms with E-state index in [0.29, 0.717) is 44.1 Å². The maximum Gasteiger partial charge on any atom is 0.423 e. The van der Waals surface area contributed by atoms with Gasteiger partial charge in [0.2, 0.25) is 21.9 Å². The largest absolute Gasteiger partial charge is 0.471 e. The number of nitrogens with one attached hydrogen (secondary N) is 2. The highest BCUT2D eigenvalue weighted by Crippen LogP contribution is 2.36. The van der Waals surface area contributed by atoms with Gasteiger partial charge in [0.1, 0.15) is 22.4 Å². The third-order valence-corrected chi connectivity index (χ3v) is 9.13. The zero-order chi connectivity index (χ0) is 28.5. The third-order valence-electron chi connectivity index (χ3n) is 7.25. The van der Waals surface area contributed by atoms with Crippen molar-refractivity contribution in [3.63, 3.8) is 0 Å². The number of piperazine rings is 1. The van der Waals surface area contributed by atoms with Gasteiger partial charge in [0.05, 0.1) is 13.2 Å². The average Bonchev–Trinajstić information content (AvgIpc) is 3.41. The van der Waals surface area contributed by atoms with Crippen molar-refractivity contribution >= 4 is 21.8 Å². The van der Waals surface area contributed by atoms with E-state index in [1.165, 1.54) is 10.5 Å². The van der Waals surface area contributed by atoms with Crippen molar-refractivity contribution in [3.8, 4) is 5.88 Å². The number of hydrogen-bond donors (Lipinski definition) is 2. The molecule has 3 aliphatic heterocycles. The number of hydrogen-bond acceptors (Lipinski definition) is 10. The SMILES string of the molecule is C[C@H]1CN(c2ccc(S(=O)(=O)N3CCC(Nc4ncc(C(F)(F)F)c(O[C@H]5CCOC5)n4)CC3)cn2)C[C@H](C)N1. The lowest BCUT2D eigenvalue weighted by molar-refractivity contribution is -0.139. The predicted octanol–water partition coefficient (Wildman–Crippen LogP) is 2.51. The Balaban J connectivity index is 1.20. The van der Waals surface area contributed by atoms with Crippen LogP contribution in [0.15, 0.2) is 29.4 Å². The maximum atomic E-state index is 13.5. The fourth-order valence-electron chi connectivity index (χ4n) is 5.28. The quantitative estimate of drug-likeness (QED) is 0.501. The number of pyridine rings is 1. The number of ether oxygens (including phenoxy) is 2. The molecule has 0 amide bonds. The summed E-state index contributed by atoms with van der Waals surface area (Å²) in [6.07, 6.45) is -1.73. The minimum atomic E-state index is -4.66. The van der Waals surface area contributed by atoms with E-state index in [-0.39, 0.29) is 36.6 Å². The number of alkyl halides is 3. The Morgan fingerprint density at radius 1 is 1.07 bits per heavy atom. The van der Waals surface area contributed by atoms with Crippen LogP contribution in [0.2, 0.25) is 0 Å². The number of anilines is 2. The second-order valence-electron chi connectivity index (χ2n) is 10.6. The summed E-state index contributed by atoms with van der Waals surface area (Å²) in [4.78, 5) is 14.5. The van der Waals surface area contributed by atoms with Crippen molar-refractivity contribution in [2.75, 3.05) is 49.6 Å². The van der Waals surface area contributed by atoms with E-state index in [1.807, 2.05) is 0 Å². The molecule has 3 atom stereocenters. The summed E-state index contributed by atoms with van der Waals surface area (Å²) in [6.45, 7) is 6.85. The fraction of sp³-hybridized carbons (Fsp3) is 0.640. The number of sulfonamides is 1. The van der Waals surface area contributed by atoms with Crippen LogP contribution in [0.1, 0.15) is 38.7 Å². The molecule has 11 nitrogen and oxygen atoms in total. The summed E-state index contributed by atoms with van der Waals surface area (Å²) in [7, 11) is -3.75. The van der Waals surface area contributed by atoms with Crippen LogP contribution in [0.5, 0.6) is 5.88 Å². The molecule has 5 rings (SSSR count). The van der Waals surface area contributed by atoms with Crippen LogP contribution in [-0.2, 0) is 20.9 Å². The van der Waals surface area contributed by atoms with E-state index in [4.69, 9.17) is 9.47 Å². The standard InChI is InChI=1S/C25H34F3N7O4S/c1-16-13-34(14-17(2)31-16)22-4-3-20(11-29-22)40(36,37)35-8-5-18(6-9-35)32-24-30-12-21(25(26,27)28)23(33-24)39-19-7-10-38-15-19/h3-4,11-12,16-19,31H,5-10,13-15H2,1-2H3,(H,30,32,33)/t16-,17-,19-/m0/s1. The molecule has 0 aliphatic carbocycles. The van der Waals surface area contributed by atoms with E-state index < -0.39 is 33.7 Å². The highest BCUT2D eigenvalue weighted by molar-refractivity contribution is 7.89. The van der Waals surface area contributed by atoms with Gasteiger partial charge in [0.25, 0.3) is 0 Å². The number of halogens is 3. The maximum absolute atomic E-state index is 13.5. The smallest absolute Gasteiger partial charge is 0.423 e. The van der Waals surface area contributed by atoms with Gasteiger partial charge in [0, 0.05) is 63.1 Å². The molecule has 0 aromatic carbocycles. The molecule has 40 heavy (non-hydrogen) atoms. The Hall–Kier alpha value is -2.75. The molecule has 220 valence electrons. The van der Waals surface area contributed by atoms with E-state index in [1.54, 1.807) is 12.1 Å². The molecule has 15 heteroatoms. The van der Waals surface area contributed by atoms with Crippen molar-refractivity contribution < 1.29 is 31.1 Å². The summed E-state index contributed by atoms with van der Waals surface area (Å²) in [5, 5.41) is 6.50. The normalized spacial score (nSPS) is 25.2. The molecular weight excluding hydrogens is 551 g/mol. The van der Waals surface area contributed by atoms with Crippen LogP contribution in [0.25, 0.3) is 0 Å². The Bertz CT molecular complexity index is 1260. The van der Waals surface area contributed by atoms with Gasteiger partial charge in [-0.25, -0.2) is 18.4 Å². The first-order valence-electron chi connectivity index (χ1n) is 13.4. The predicted molar refractivity (Wildman–Crippen MR) is 141 cm³/mol. The van der Waals surface area contributed by atoms with E-state index >= 15 is 0 Å². The van der Waals surface area contributed by atoms with Gasteiger partial charge in [0.15, 0.2) is 0 Å². The Labute approximate surface area is 231 Å². The topological polar surface area (TPSA) is 122 Å². The molecule has 0 bridgehead atoms. The summed E-state index contributed by atoms with van der Waals surface area (Å²) in [5.41, 5.74) is -1.05. The molecule has 2 aromatic heterocycles. The number of piperidine rings is 1. The molecule has 0 spiro atoms. The Morgan fingerprint density at radius 3 is 2.40 bits per heavy atom. The van der Waals surface area contributed by atoms with Gasteiger partial charge >= 0.3 is 6.18 Å². The summed E-state index contributed by atoms with van der Waals surface area (Å²) >= 11 is 0. The lowest BCUT2D eigenvalue weighted by Crippen LogP contribution is -2.54. The minimum absolute atomic E-state index is 0.000407. The van der Waals surface area contributed by atoms with Crippen LogP contribution < -0.4 is 20.3 Å². The van der Waals surface area contributed by atoms with E-state index in [2.05, 4.69) is 44.3 Å². The van der Waals surface area contributed by atoms with Gasteiger partial charge in [-0.15, -0.1) is 0 Å². The first-order valence-corrected chi connectivity index (χ1v) is 14.9. The van der Waals surface area contributed by atoms with Crippen LogP contribution in [0, 0.1) is 0 Å². The Kier molecular flexibility index (Phi) is 8.36. The number of nitrogens with zero attached hydrogens (tertiary/aromatic N) is 5. The molecule has 0 unspecified atom stereocenters. The lowest BCUT2D eigenvalue weighted by Gasteiger charge is -2.37. The average molecular weight is 586 g/mol. The van der Waals surface area contributed by atoms with Crippen molar-refractivity contribution in [2.45, 2.75) is 68.4 Å². The van der Waals surface area contributed by atoms with Gasteiger partial charge in [-0.2, -0.15) is 22.5 Å². The second kappa shape index (κ2) is 11.6. The highest BCUT2D eigenvalue weighted by Gasteiger charge is 2.38. The molecule has 2 N–H and O–H groups in total. The zero-order valence-electron chi connectivity index (χ0n) is 22.4. The number of aromatic nitrogens is 3. The summed E-state index contributed by atoms with van der Waals surface area (Å²) in [5.74, 6) is 0.197. The minimum Gasteiger partial charge on any atom is -0.471 e. The van der Waals surface area contributed by atoms with E-state index in [0.717, 1.165) is 18.9 Å². The molecule has 0 saturated carbocycles. The van der Waals surface area contributed by atoms with Crippen molar-refractivity contribution in [2.24, 2.45) is 0 Å². The van der Waals surface area contributed by atoms with Crippen LogP contribution >= 0.6 is 0 Å². The molecule has 5 heterocycles. The molecule has 3 saturated heterocycles. The molecule has 2 aromatic rings. The van der Waals surface area contributed by atoms with Crippen molar-refractivity contribution in [3.05, 3.63) is 30.1 Å². The zero-order valence-corrected chi connectivity index (χ0v) is 23.2. The molecular formula is C25H34F3N7O4S. The van der Waals surface area contributed by atoms with Gasteiger partial charge < -0.3 is 25.0 Å². The van der Waals surface area contributed by atoms with Crippen LogP contribution in [0.3, 0.4) is 0 Å². The monoisotopic (exact) mass is 585 g/mol. The fourth-order valence-corrected chi connectivity index (χ4v) is 6.70. The van der Waals surface area contributed by atoms with Crippen LogP contribution in [0.4, 0.5) is 24.9 Å². The van der Waals surface area contributed by atoms with Gasteiger partial charge in [-0.05, 0) is 38.8 Å². The lowest BCUT2D eigenvalue weighted by atomic mass is 10.1. The molecule has 0 radical (unpaired) electrons. The second-order valence-corrected chi connectivity index (χ2v) is 12.5. The van der Waals surface area contributed by atoms with Crippen molar-refractivity contribution in [1.29, 1.82) is 0 Å². The van der Waals surface area contributed by atoms with Crippen LogP contribution in [-0.4, -0.2) is 91.3 Å². The van der Waals surface area contributed by atoms with E-state index in [9.17, 15) is 21.6 Å². The third kappa shape index (κ3) is 6.58. The number of rotatable bonds is 7. The molecule has 3 aliphatic rings. The molecule has 3 fully saturated rings. The van der Waals surface area contributed by atoms with Crippen molar-refractivity contribution in [1.82, 2.24) is 24.6 Å². The Morgan fingerprint density at radius 2 is 1.80 bits per heavy atom. The first kappa shape index (κ1) is 28.8.